The maximum Gasteiger partial charge on any atom is 0.416 e. The number of halogens is 3. The molecule has 0 saturated carbocycles. The van der Waals surface area contributed by atoms with Gasteiger partial charge in [0.1, 0.15) is 12.4 Å². The van der Waals surface area contributed by atoms with Crippen LogP contribution in [0.2, 0.25) is 0 Å². The summed E-state index contributed by atoms with van der Waals surface area (Å²) < 4.78 is 61.8. The number of carbonyl (C=O) groups excluding carboxylic acids is 5. The van der Waals surface area contributed by atoms with Crippen molar-refractivity contribution in [3.8, 4) is 16.9 Å². The molecule has 0 aliphatic carbocycles. The summed E-state index contributed by atoms with van der Waals surface area (Å²) in [5.41, 5.74) is -1.68. The summed E-state index contributed by atoms with van der Waals surface area (Å²) >= 11 is 0. The molecule has 0 aromatic heterocycles. The van der Waals surface area contributed by atoms with Crippen molar-refractivity contribution in [2.45, 2.75) is 51.8 Å². The highest BCUT2D eigenvalue weighted by Gasteiger charge is 2.52. The summed E-state index contributed by atoms with van der Waals surface area (Å²) in [6.45, 7) is 5.90. The lowest BCUT2D eigenvalue weighted by molar-refractivity contribution is -0.170. The van der Waals surface area contributed by atoms with Gasteiger partial charge in [-0.05, 0) is 92.4 Å². The molecule has 0 unspecified atom stereocenters. The van der Waals surface area contributed by atoms with Crippen LogP contribution >= 0.6 is 0 Å². The molecular formula is C42H43F3N2O9. The normalized spacial score (nSPS) is 11.4. The van der Waals surface area contributed by atoms with Gasteiger partial charge in [0.25, 0.3) is 11.8 Å². The summed E-state index contributed by atoms with van der Waals surface area (Å²) in [6.07, 6.45) is -5.18. The van der Waals surface area contributed by atoms with Crippen molar-refractivity contribution in [3.63, 3.8) is 0 Å². The Morgan fingerprint density at radius 2 is 1.36 bits per heavy atom. The number of carbonyl (C=O) groups is 5. The van der Waals surface area contributed by atoms with E-state index < -0.39 is 59.9 Å². The minimum atomic E-state index is -4.56. The lowest BCUT2D eigenvalue weighted by atomic mass is 9.81. The van der Waals surface area contributed by atoms with Gasteiger partial charge in [-0.3, -0.25) is 24.0 Å². The van der Waals surface area contributed by atoms with Crippen molar-refractivity contribution in [2.75, 3.05) is 39.2 Å². The molecule has 0 spiro atoms. The third-order valence-corrected chi connectivity index (χ3v) is 8.41. The van der Waals surface area contributed by atoms with E-state index >= 15 is 0 Å². The van der Waals surface area contributed by atoms with Crippen LogP contribution in [0.4, 0.5) is 18.9 Å². The maximum atomic E-state index is 13.9. The number of ether oxygens (including phenoxy) is 4. The van der Waals surface area contributed by atoms with Crippen LogP contribution in [0.15, 0.2) is 91.0 Å². The summed E-state index contributed by atoms with van der Waals surface area (Å²) in [6, 6.07) is 21.2. The average molecular weight is 777 g/mol. The Balaban J connectivity index is 1.65. The van der Waals surface area contributed by atoms with Crippen LogP contribution in [0.1, 0.15) is 65.1 Å². The van der Waals surface area contributed by atoms with Gasteiger partial charge in [0, 0.05) is 19.7 Å². The van der Waals surface area contributed by atoms with Crippen LogP contribution in [0.5, 0.6) is 5.75 Å². The smallest absolute Gasteiger partial charge is 0.416 e. The van der Waals surface area contributed by atoms with E-state index in [2.05, 4.69) is 5.32 Å². The molecule has 4 aromatic rings. The Hall–Kier alpha value is -6.18. The van der Waals surface area contributed by atoms with Gasteiger partial charge in [-0.2, -0.15) is 13.2 Å². The highest BCUT2D eigenvalue weighted by Crippen LogP contribution is 2.34. The van der Waals surface area contributed by atoms with Gasteiger partial charge in [-0.15, -0.1) is 0 Å². The molecule has 296 valence electrons. The number of amides is 2. The Labute approximate surface area is 322 Å². The fraction of sp³-hybridized carbons (Fsp3) is 0.310. The molecule has 0 radical (unpaired) electrons. The first-order chi connectivity index (χ1) is 26.5. The fourth-order valence-corrected chi connectivity index (χ4v) is 5.72. The second-order valence-electron chi connectivity index (χ2n) is 13.0. The van der Waals surface area contributed by atoms with Crippen LogP contribution in [0, 0.1) is 0 Å². The van der Waals surface area contributed by atoms with Crippen LogP contribution in [0.25, 0.3) is 11.1 Å². The maximum absolute atomic E-state index is 13.9. The SMILES string of the molecule is CCOC(=O)C(COC(=O)Cc1ccc(NC(=O)c2ccc(OC(C)C)cc2-c2ccc(C(F)(F)F)cc2)c(C(=O)N(C)C)c1)(C(=O)OCC)c1ccccc1. The molecule has 0 atom stereocenters. The Bertz CT molecular complexity index is 2030. The van der Waals surface area contributed by atoms with Crippen LogP contribution in [-0.4, -0.2) is 74.6 Å². The Morgan fingerprint density at radius 3 is 1.91 bits per heavy atom. The van der Waals surface area contributed by atoms with E-state index in [0.29, 0.717) is 16.9 Å². The third-order valence-electron chi connectivity index (χ3n) is 8.41. The quantitative estimate of drug-likeness (QED) is 0.0751. The first-order valence-corrected chi connectivity index (χ1v) is 17.7. The monoisotopic (exact) mass is 776 g/mol. The number of alkyl halides is 3. The van der Waals surface area contributed by atoms with Crippen LogP contribution in [-0.2, 0) is 46.6 Å². The van der Waals surface area contributed by atoms with E-state index in [4.69, 9.17) is 18.9 Å². The molecule has 0 saturated heterocycles. The van der Waals surface area contributed by atoms with E-state index in [1.807, 2.05) is 0 Å². The van der Waals surface area contributed by atoms with Crippen molar-refractivity contribution in [3.05, 3.63) is 119 Å². The molecule has 2 amide bonds. The minimum Gasteiger partial charge on any atom is -0.491 e. The topological polar surface area (TPSA) is 138 Å². The third kappa shape index (κ3) is 10.1. The predicted octanol–water partition coefficient (Wildman–Crippen LogP) is 7.26. The summed E-state index contributed by atoms with van der Waals surface area (Å²) in [4.78, 5) is 68.5. The number of nitrogens with one attached hydrogen (secondary N) is 1. The molecule has 0 aliphatic rings. The number of nitrogens with zero attached hydrogens (tertiary/aromatic N) is 1. The molecule has 0 bridgehead atoms. The van der Waals surface area contributed by atoms with Gasteiger partial charge in [0.2, 0.25) is 5.41 Å². The number of rotatable bonds is 15. The van der Waals surface area contributed by atoms with Gasteiger partial charge in [-0.25, -0.2) is 0 Å². The molecule has 1 N–H and O–H groups in total. The Morgan fingerprint density at radius 1 is 0.732 bits per heavy atom. The van der Waals surface area contributed by atoms with E-state index in [1.54, 1.807) is 58.0 Å². The van der Waals surface area contributed by atoms with Crippen molar-refractivity contribution in [2.24, 2.45) is 0 Å². The molecule has 0 aliphatic heterocycles. The van der Waals surface area contributed by atoms with E-state index in [0.717, 1.165) is 12.1 Å². The van der Waals surface area contributed by atoms with E-state index in [-0.39, 0.29) is 47.3 Å². The lowest BCUT2D eigenvalue weighted by Crippen LogP contribution is -2.50. The van der Waals surface area contributed by atoms with Crippen molar-refractivity contribution in [1.82, 2.24) is 4.90 Å². The van der Waals surface area contributed by atoms with E-state index in [9.17, 15) is 37.1 Å². The number of hydrogen-bond acceptors (Lipinski definition) is 9. The van der Waals surface area contributed by atoms with Gasteiger partial charge >= 0.3 is 24.1 Å². The van der Waals surface area contributed by atoms with Gasteiger partial charge in [-0.1, -0.05) is 48.5 Å². The van der Waals surface area contributed by atoms with Crippen molar-refractivity contribution >= 4 is 35.4 Å². The van der Waals surface area contributed by atoms with Crippen molar-refractivity contribution < 1.29 is 56.1 Å². The molecule has 0 heterocycles. The highest BCUT2D eigenvalue weighted by atomic mass is 19.4. The second-order valence-corrected chi connectivity index (χ2v) is 13.0. The largest absolute Gasteiger partial charge is 0.491 e. The zero-order valence-corrected chi connectivity index (χ0v) is 31.8. The number of esters is 3. The number of anilines is 1. The first kappa shape index (κ1) is 42.6. The summed E-state index contributed by atoms with van der Waals surface area (Å²) in [5.74, 6) is -3.57. The zero-order chi connectivity index (χ0) is 41.2. The lowest BCUT2D eigenvalue weighted by Gasteiger charge is -2.29. The second kappa shape index (κ2) is 18.4. The summed E-state index contributed by atoms with van der Waals surface area (Å²) in [7, 11) is 3.00. The number of benzene rings is 4. The molecule has 11 nitrogen and oxygen atoms in total. The van der Waals surface area contributed by atoms with E-state index in [1.165, 1.54) is 67.5 Å². The number of hydrogen-bond donors (Lipinski definition) is 1. The molecule has 14 heteroatoms. The molecule has 0 fully saturated rings. The zero-order valence-electron chi connectivity index (χ0n) is 31.8. The van der Waals surface area contributed by atoms with Gasteiger partial charge in [0.05, 0.1) is 42.6 Å². The molecule has 4 aromatic carbocycles. The first-order valence-electron chi connectivity index (χ1n) is 17.7. The highest BCUT2D eigenvalue weighted by molar-refractivity contribution is 6.12. The van der Waals surface area contributed by atoms with Crippen molar-refractivity contribution in [1.29, 1.82) is 0 Å². The minimum absolute atomic E-state index is 0.0150. The Kier molecular flexibility index (Phi) is 14.0. The van der Waals surface area contributed by atoms with Gasteiger partial charge in [0.15, 0.2) is 0 Å². The van der Waals surface area contributed by atoms with Crippen LogP contribution < -0.4 is 10.1 Å². The average Bonchev–Trinajstić information content (AvgIpc) is 3.15. The van der Waals surface area contributed by atoms with Crippen LogP contribution in [0.3, 0.4) is 0 Å². The predicted molar refractivity (Wildman–Crippen MR) is 201 cm³/mol. The standard InChI is InChI=1S/C42H43F3N2O9/c1-7-53-39(51)41(40(52)54-8-2,29-12-10-9-11-13-29)25-55-36(48)23-27-14-21-35(34(22-27)38(50)47(5)6)46-37(49)32-20-19-31(56-26(3)4)24-33(32)28-15-17-30(18-16-28)42(43,44)45/h9-22,24,26H,7-8,23,25H2,1-6H3,(H,46,49). The molecular weight excluding hydrogens is 733 g/mol. The molecule has 56 heavy (non-hydrogen) atoms. The summed E-state index contributed by atoms with van der Waals surface area (Å²) in [5, 5.41) is 2.74. The molecule has 4 rings (SSSR count). The van der Waals surface area contributed by atoms with Gasteiger partial charge < -0.3 is 29.2 Å². The fourth-order valence-electron chi connectivity index (χ4n) is 5.72.